The standard InChI is InChI=1S/C15H19N3OS2/c1-10-13(21-9-8-20-10)14-17-15(19-18-14)12-5-3-2-4-11(12)6-7-16/h2-5,10,13H,6-9,16H2,1H3. The van der Waals surface area contributed by atoms with E-state index in [2.05, 4.69) is 23.1 Å². The number of rotatable bonds is 4. The third-order valence-corrected chi connectivity index (χ3v) is 6.63. The number of nitrogens with two attached hydrogens (primary N) is 1. The molecule has 21 heavy (non-hydrogen) atoms. The lowest BCUT2D eigenvalue weighted by Gasteiger charge is -2.24. The molecule has 0 saturated carbocycles. The van der Waals surface area contributed by atoms with E-state index >= 15 is 0 Å². The highest BCUT2D eigenvalue weighted by Gasteiger charge is 2.28. The maximum absolute atomic E-state index is 5.68. The van der Waals surface area contributed by atoms with E-state index in [-0.39, 0.29) is 0 Å². The van der Waals surface area contributed by atoms with E-state index in [1.54, 1.807) is 0 Å². The number of hydrogen-bond donors (Lipinski definition) is 1. The van der Waals surface area contributed by atoms with Gasteiger partial charge < -0.3 is 10.3 Å². The van der Waals surface area contributed by atoms with Crippen molar-refractivity contribution in [3.8, 4) is 11.5 Å². The van der Waals surface area contributed by atoms with Gasteiger partial charge in [-0.25, -0.2) is 0 Å². The summed E-state index contributed by atoms with van der Waals surface area (Å²) in [7, 11) is 0. The van der Waals surface area contributed by atoms with Crippen LogP contribution in [0.3, 0.4) is 0 Å². The Balaban J connectivity index is 1.88. The van der Waals surface area contributed by atoms with Crippen molar-refractivity contribution in [1.82, 2.24) is 10.1 Å². The Morgan fingerprint density at radius 3 is 2.90 bits per heavy atom. The topological polar surface area (TPSA) is 64.9 Å². The van der Waals surface area contributed by atoms with Crippen LogP contribution in [0.4, 0.5) is 0 Å². The molecule has 2 heterocycles. The molecule has 1 saturated heterocycles. The summed E-state index contributed by atoms with van der Waals surface area (Å²) in [6, 6.07) is 8.10. The smallest absolute Gasteiger partial charge is 0.258 e. The predicted octanol–water partition coefficient (Wildman–Crippen LogP) is 3.15. The Hall–Kier alpha value is -0.980. The van der Waals surface area contributed by atoms with Gasteiger partial charge in [-0.15, -0.1) is 11.8 Å². The zero-order valence-corrected chi connectivity index (χ0v) is 13.6. The molecule has 1 aliphatic rings. The summed E-state index contributed by atoms with van der Waals surface area (Å²) in [4.78, 5) is 4.64. The average molecular weight is 321 g/mol. The van der Waals surface area contributed by atoms with Gasteiger partial charge in [-0.1, -0.05) is 30.3 Å². The monoisotopic (exact) mass is 321 g/mol. The molecule has 2 aromatic rings. The molecule has 4 nitrogen and oxygen atoms in total. The third kappa shape index (κ3) is 3.27. The van der Waals surface area contributed by atoms with Crippen molar-refractivity contribution in [2.24, 2.45) is 5.73 Å². The second-order valence-electron chi connectivity index (χ2n) is 5.02. The molecule has 2 atom stereocenters. The highest BCUT2D eigenvalue weighted by Crippen LogP contribution is 2.41. The van der Waals surface area contributed by atoms with Gasteiger partial charge in [-0.3, -0.25) is 0 Å². The van der Waals surface area contributed by atoms with Crippen molar-refractivity contribution < 1.29 is 4.52 Å². The van der Waals surface area contributed by atoms with Gasteiger partial charge in [0.1, 0.15) is 0 Å². The summed E-state index contributed by atoms with van der Waals surface area (Å²) >= 11 is 3.90. The van der Waals surface area contributed by atoms with E-state index in [1.807, 2.05) is 41.7 Å². The molecule has 6 heteroatoms. The molecule has 0 amide bonds. The number of benzene rings is 1. The van der Waals surface area contributed by atoms with Crippen LogP contribution in [0.5, 0.6) is 0 Å². The van der Waals surface area contributed by atoms with E-state index in [0.717, 1.165) is 29.1 Å². The highest BCUT2D eigenvalue weighted by atomic mass is 32.2. The largest absolute Gasteiger partial charge is 0.334 e. The average Bonchev–Trinajstić information content (AvgIpc) is 2.98. The van der Waals surface area contributed by atoms with E-state index in [0.29, 0.717) is 22.9 Å². The number of thioether (sulfide) groups is 2. The second-order valence-corrected chi connectivity index (χ2v) is 7.76. The molecule has 2 unspecified atom stereocenters. The molecule has 1 aromatic carbocycles. The fourth-order valence-corrected chi connectivity index (χ4v) is 5.16. The number of hydrogen-bond acceptors (Lipinski definition) is 6. The van der Waals surface area contributed by atoms with Crippen molar-refractivity contribution in [2.75, 3.05) is 18.1 Å². The Kier molecular flexibility index (Phi) is 4.87. The first kappa shape index (κ1) is 14.9. The van der Waals surface area contributed by atoms with Gasteiger partial charge in [0, 0.05) is 22.3 Å². The summed E-state index contributed by atoms with van der Waals surface area (Å²) in [6.07, 6.45) is 0.818. The SMILES string of the molecule is CC1SCCSC1c1noc(-c2ccccc2CCN)n1. The zero-order chi connectivity index (χ0) is 14.7. The van der Waals surface area contributed by atoms with Gasteiger partial charge in [-0.2, -0.15) is 16.7 Å². The van der Waals surface area contributed by atoms with E-state index in [4.69, 9.17) is 10.3 Å². The van der Waals surface area contributed by atoms with Gasteiger partial charge in [0.15, 0.2) is 5.82 Å². The van der Waals surface area contributed by atoms with E-state index in [1.165, 1.54) is 5.75 Å². The molecule has 3 rings (SSSR count). The van der Waals surface area contributed by atoms with Gasteiger partial charge in [-0.05, 0) is 24.6 Å². The number of nitrogens with zero attached hydrogens (tertiary/aromatic N) is 2. The third-order valence-electron chi connectivity index (χ3n) is 3.55. The van der Waals surface area contributed by atoms with Gasteiger partial charge >= 0.3 is 0 Å². The quantitative estimate of drug-likeness (QED) is 0.933. The van der Waals surface area contributed by atoms with Crippen LogP contribution in [0.2, 0.25) is 0 Å². The Bertz CT molecular complexity index is 602. The molecule has 1 aromatic heterocycles. The Morgan fingerprint density at radius 1 is 1.29 bits per heavy atom. The predicted molar refractivity (Wildman–Crippen MR) is 89.6 cm³/mol. The summed E-state index contributed by atoms with van der Waals surface area (Å²) in [6.45, 7) is 2.85. The van der Waals surface area contributed by atoms with Crippen molar-refractivity contribution in [1.29, 1.82) is 0 Å². The maximum Gasteiger partial charge on any atom is 0.258 e. The zero-order valence-electron chi connectivity index (χ0n) is 12.0. The minimum Gasteiger partial charge on any atom is -0.334 e. The molecule has 112 valence electrons. The van der Waals surface area contributed by atoms with Crippen LogP contribution in [0.15, 0.2) is 28.8 Å². The molecule has 1 aliphatic heterocycles. The summed E-state index contributed by atoms with van der Waals surface area (Å²) in [5.74, 6) is 3.77. The van der Waals surface area contributed by atoms with Gasteiger partial charge in [0.25, 0.3) is 5.89 Å². The second kappa shape index (κ2) is 6.85. The molecular formula is C15H19N3OS2. The van der Waals surface area contributed by atoms with Crippen LogP contribution in [0.25, 0.3) is 11.5 Å². The minimum atomic E-state index is 0.322. The van der Waals surface area contributed by atoms with Crippen molar-refractivity contribution >= 4 is 23.5 Å². The van der Waals surface area contributed by atoms with E-state index in [9.17, 15) is 0 Å². The van der Waals surface area contributed by atoms with Crippen LogP contribution < -0.4 is 5.73 Å². The molecule has 0 aliphatic carbocycles. The van der Waals surface area contributed by atoms with Crippen molar-refractivity contribution in [2.45, 2.75) is 23.8 Å². The fraction of sp³-hybridized carbons (Fsp3) is 0.467. The first-order valence-corrected chi connectivity index (χ1v) is 9.24. The maximum atomic E-state index is 5.68. The fourth-order valence-electron chi connectivity index (χ4n) is 2.48. The van der Waals surface area contributed by atoms with Crippen molar-refractivity contribution in [3.05, 3.63) is 35.7 Å². The Labute approximate surface area is 133 Å². The summed E-state index contributed by atoms with van der Waals surface area (Å²) in [5, 5.41) is 5.06. The lowest BCUT2D eigenvalue weighted by atomic mass is 10.0. The summed E-state index contributed by atoms with van der Waals surface area (Å²) in [5.41, 5.74) is 7.84. The highest BCUT2D eigenvalue weighted by molar-refractivity contribution is 8.06. The van der Waals surface area contributed by atoms with E-state index < -0.39 is 0 Å². The molecule has 0 bridgehead atoms. The Morgan fingerprint density at radius 2 is 2.10 bits per heavy atom. The van der Waals surface area contributed by atoms with Crippen LogP contribution in [0.1, 0.15) is 23.6 Å². The lowest BCUT2D eigenvalue weighted by molar-refractivity contribution is 0.421. The first-order chi connectivity index (χ1) is 10.3. The van der Waals surface area contributed by atoms with Gasteiger partial charge in [0.05, 0.1) is 5.25 Å². The lowest BCUT2D eigenvalue weighted by Crippen LogP contribution is -2.16. The molecule has 0 radical (unpaired) electrons. The molecule has 1 fully saturated rings. The normalized spacial score (nSPS) is 22.4. The van der Waals surface area contributed by atoms with Crippen LogP contribution in [-0.2, 0) is 6.42 Å². The molecular weight excluding hydrogens is 302 g/mol. The minimum absolute atomic E-state index is 0.322. The molecule has 2 N–H and O–H groups in total. The van der Waals surface area contributed by atoms with Gasteiger partial charge in [0.2, 0.25) is 0 Å². The van der Waals surface area contributed by atoms with Crippen molar-refractivity contribution in [3.63, 3.8) is 0 Å². The first-order valence-electron chi connectivity index (χ1n) is 7.14. The number of aromatic nitrogens is 2. The summed E-state index contributed by atoms with van der Waals surface area (Å²) < 4.78 is 5.51. The van der Waals surface area contributed by atoms with Crippen LogP contribution in [-0.4, -0.2) is 33.4 Å². The van der Waals surface area contributed by atoms with Crippen LogP contribution >= 0.6 is 23.5 Å². The van der Waals surface area contributed by atoms with Crippen LogP contribution in [0, 0.1) is 0 Å². The molecule has 0 spiro atoms.